The third kappa shape index (κ3) is 4.04. The van der Waals surface area contributed by atoms with E-state index in [4.69, 9.17) is 10.5 Å². The average molecular weight is 614 g/mol. The zero-order valence-electron chi connectivity index (χ0n) is 22.6. The highest BCUT2D eigenvalue weighted by atomic mass is 32.1. The number of hydrogen-bond donors (Lipinski definition) is 2. The molecule has 0 radical (unpaired) electrons. The standard InChI is InChI=1S/C29H24F5N7OS/c30-18-4-3-15(22-23(18)43-25(36)38-22)19-17(29(32,33)34)5-16-21(20(19)31)39-26(42-12-28-8-27(9-28,10-28)11-35)40-24(16)41-6-13-1-2-14(7-41)37-13/h3-5,13-14,37H,1-2,6-10,12H2,(H2,36,38). The van der Waals surface area contributed by atoms with Gasteiger partial charge >= 0.3 is 12.2 Å². The van der Waals surface area contributed by atoms with Crippen LogP contribution < -0.4 is 20.7 Å². The van der Waals surface area contributed by atoms with Crippen molar-refractivity contribution in [3.05, 3.63) is 35.4 Å². The lowest BCUT2D eigenvalue weighted by Gasteiger charge is -2.66. The molecule has 2 aromatic carbocycles. The van der Waals surface area contributed by atoms with E-state index in [9.17, 15) is 22.8 Å². The second-order valence-electron chi connectivity index (χ2n) is 12.4. The highest BCUT2D eigenvalue weighted by molar-refractivity contribution is 7.22. The smallest absolute Gasteiger partial charge is 0.417 e. The van der Waals surface area contributed by atoms with Crippen molar-refractivity contribution < 1.29 is 26.7 Å². The number of nitrogens with two attached hydrogens (primary N) is 1. The summed E-state index contributed by atoms with van der Waals surface area (Å²) in [5.41, 5.74) is 2.53. The molecule has 5 fully saturated rings. The van der Waals surface area contributed by atoms with Crippen molar-refractivity contribution >= 4 is 43.4 Å². The van der Waals surface area contributed by atoms with Gasteiger partial charge in [0.05, 0.1) is 33.9 Å². The molecule has 4 heterocycles. The van der Waals surface area contributed by atoms with Gasteiger partial charge in [-0.15, -0.1) is 0 Å². The lowest BCUT2D eigenvalue weighted by atomic mass is 9.36. The number of anilines is 2. The number of fused-ring (bicyclic) bond motifs is 4. The van der Waals surface area contributed by atoms with E-state index in [2.05, 4.69) is 26.3 Å². The Morgan fingerprint density at radius 1 is 1.09 bits per heavy atom. The van der Waals surface area contributed by atoms with Gasteiger partial charge in [0, 0.05) is 47.1 Å². The van der Waals surface area contributed by atoms with Crippen molar-refractivity contribution in [1.82, 2.24) is 20.3 Å². The summed E-state index contributed by atoms with van der Waals surface area (Å²) in [7, 11) is 0. The molecule has 5 aliphatic rings. The molecule has 0 spiro atoms. The van der Waals surface area contributed by atoms with Gasteiger partial charge in [0.2, 0.25) is 0 Å². The number of nitriles is 1. The predicted molar refractivity (Wildman–Crippen MR) is 149 cm³/mol. The fraction of sp³-hybridized carbons (Fsp3) is 0.448. The van der Waals surface area contributed by atoms with Gasteiger partial charge in [-0.25, -0.2) is 13.8 Å². The molecule has 222 valence electrons. The molecular formula is C29H24F5N7OS. The monoisotopic (exact) mass is 613 g/mol. The van der Waals surface area contributed by atoms with Crippen LogP contribution in [0.2, 0.25) is 0 Å². The number of alkyl halides is 3. The van der Waals surface area contributed by atoms with Gasteiger partial charge in [-0.2, -0.15) is 28.4 Å². The molecule has 9 rings (SSSR count). The Kier molecular flexibility index (Phi) is 5.51. The first kappa shape index (κ1) is 26.8. The summed E-state index contributed by atoms with van der Waals surface area (Å²) in [6, 6.07) is 5.40. The van der Waals surface area contributed by atoms with Crippen molar-refractivity contribution in [1.29, 1.82) is 5.26 Å². The van der Waals surface area contributed by atoms with Crippen LogP contribution >= 0.6 is 11.3 Å². The Morgan fingerprint density at radius 2 is 1.81 bits per heavy atom. The molecule has 2 unspecified atom stereocenters. The zero-order chi connectivity index (χ0) is 29.9. The number of benzene rings is 2. The van der Waals surface area contributed by atoms with Gasteiger partial charge in [-0.1, -0.05) is 11.3 Å². The maximum absolute atomic E-state index is 16.7. The van der Waals surface area contributed by atoms with Gasteiger partial charge in [-0.05, 0) is 50.3 Å². The number of aromatic nitrogens is 3. The lowest BCUT2D eigenvalue weighted by molar-refractivity contribution is -0.182. The fourth-order valence-corrected chi connectivity index (χ4v) is 8.40. The molecule has 4 aromatic rings. The first-order valence-corrected chi connectivity index (χ1v) is 14.8. The van der Waals surface area contributed by atoms with Crippen LogP contribution in [0.3, 0.4) is 0 Å². The summed E-state index contributed by atoms with van der Waals surface area (Å²) in [6.45, 7) is 1.19. The summed E-state index contributed by atoms with van der Waals surface area (Å²) >= 11 is 0.772. The number of ether oxygens (including phenoxy) is 1. The molecule has 3 saturated carbocycles. The Labute approximate surface area is 245 Å². The summed E-state index contributed by atoms with van der Waals surface area (Å²) in [5, 5.41) is 12.7. The summed E-state index contributed by atoms with van der Waals surface area (Å²) in [6.07, 6.45) is -1.04. The maximum Gasteiger partial charge on any atom is 0.417 e. The molecule has 14 heteroatoms. The second-order valence-corrected chi connectivity index (χ2v) is 13.4. The molecule has 4 bridgehead atoms. The van der Waals surface area contributed by atoms with Gasteiger partial charge in [-0.3, -0.25) is 0 Å². The van der Waals surface area contributed by atoms with Gasteiger partial charge in [0.25, 0.3) is 0 Å². The van der Waals surface area contributed by atoms with E-state index in [1.165, 1.54) is 0 Å². The number of nitrogens with zero attached hydrogens (tertiary/aromatic N) is 5. The Bertz CT molecular complexity index is 1850. The molecule has 3 aliphatic carbocycles. The van der Waals surface area contributed by atoms with E-state index in [1.54, 1.807) is 0 Å². The molecule has 43 heavy (non-hydrogen) atoms. The highest BCUT2D eigenvalue weighted by Crippen LogP contribution is 2.72. The van der Waals surface area contributed by atoms with Gasteiger partial charge in [0.15, 0.2) is 10.9 Å². The number of halogens is 5. The van der Waals surface area contributed by atoms with Crippen LogP contribution in [-0.2, 0) is 6.18 Å². The van der Waals surface area contributed by atoms with Crippen molar-refractivity contribution in [2.75, 3.05) is 30.3 Å². The largest absolute Gasteiger partial charge is 0.463 e. The van der Waals surface area contributed by atoms with E-state index in [0.29, 0.717) is 32.4 Å². The minimum absolute atomic E-state index is 0.0588. The fourth-order valence-electron chi connectivity index (χ4n) is 7.63. The Balaban J connectivity index is 1.31. The van der Waals surface area contributed by atoms with E-state index < -0.39 is 28.9 Å². The van der Waals surface area contributed by atoms with Crippen molar-refractivity contribution in [2.24, 2.45) is 10.8 Å². The van der Waals surface area contributed by atoms with E-state index in [1.807, 2.05) is 4.90 Å². The van der Waals surface area contributed by atoms with E-state index in [0.717, 1.165) is 42.4 Å². The van der Waals surface area contributed by atoms with Gasteiger partial charge < -0.3 is 20.7 Å². The SMILES string of the molecule is N#CC12CC(COc3nc(N4CC5CCC(C4)N5)c4cc(C(F)(F)F)c(-c5ccc(F)c6sc(N)nc56)c(F)c4n3)(C1)C2. The van der Waals surface area contributed by atoms with Crippen LogP contribution in [0.1, 0.15) is 37.7 Å². The number of hydrogen-bond acceptors (Lipinski definition) is 9. The maximum atomic E-state index is 16.7. The lowest BCUT2D eigenvalue weighted by Crippen LogP contribution is -2.63. The zero-order valence-corrected chi connectivity index (χ0v) is 23.4. The van der Waals surface area contributed by atoms with E-state index in [-0.39, 0.29) is 73.2 Å². The molecule has 2 aromatic heterocycles. The molecular weight excluding hydrogens is 589 g/mol. The van der Waals surface area contributed by atoms with Crippen LogP contribution in [0.4, 0.5) is 32.9 Å². The van der Waals surface area contributed by atoms with Crippen LogP contribution in [-0.4, -0.2) is 46.7 Å². The minimum atomic E-state index is -4.97. The normalized spacial score (nSPS) is 27.7. The number of nitrogens with one attached hydrogen (secondary N) is 1. The first-order chi connectivity index (χ1) is 20.5. The number of nitrogen functional groups attached to an aromatic ring is 1. The quantitative estimate of drug-likeness (QED) is 0.272. The summed E-state index contributed by atoms with van der Waals surface area (Å²) < 4.78 is 81.2. The average Bonchev–Trinajstić information content (AvgIpc) is 3.48. The third-order valence-electron chi connectivity index (χ3n) is 9.38. The van der Waals surface area contributed by atoms with Crippen molar-refractivity contribution in [2.45, 2.75) is 50.4 Å². The van der Waals surface area contributed by atoms with Crippen molar-refractivity contribution in [3.8, 4) is 23.2 Å². The number of piperazine rings is 1. The first-order valence-electron chi connectivity index (χ1n) is 14.0. The second kappa shape index (κ2) is 8.86. The van der Waals surface area contributed by atoms with Crippen molar-refractivity contribution in [3.63, 3.8) is 0 Å². The molecule has 3 N–H and O–H groups in total. The third-order valence-corrected chi connectivity index (χ3v) is 10.3. The topological polar surface area (TPSA) is 113 Å². The van der Waals surface area contributed by atoms with E-state index >= 15 is 4.39 Å². The Hall–Kier alpha value is -3.83. The number of thiazole rings is 1. The molecule has 2 aliphatic heterocycles. The molecule has 2 atom stereocenters. The summed E-state index contributed by atoms with van der Waals surface area (Å²) in [4.78, 5) is 14.8. The molecule has 2 saturated heterocycles. The predicted octanol–water partition coefficient (Wildman–Crippen LogP) is 5.80. The van der Waals surface area contributed by atoms with Crippen LogP contribution in [0.15, 0.2) is 18.2 Å². The highest BCUT2D eigenvalue weighted by Gasteiger charge is 2.68. The van der Waals surface area contributed by atoms with Crippen LogP contribution in [0, 0.1) is 33.8 Å². The number of rotatable bonds is 5. The minimum Gasteiger partial charge on any atom is -0.463 e. The van der Waals surface area contributed by atoms with Gasteiger partial charge in [0.1, 0.15) is 17.2 Å². The molecule has 0 amide bonds. The molecule has 8 nitrogen and oxygen atoms in total. The Morgan fingerprint density at radius 3 is 2.49 bits per heavy atom. The van der Waals surface area contributed by atoms with Crippen LogP contribution in [0.5, 0.6) is 6.01 Å². The summed E-state index contributed by atoms with van der Waals surface area (Å²) in [5.74, 6) is -1.78. The van der Waals surface area contributed by atoms with Crippen LogP contribution in [0.25, 0.3) is 32.2 Å².